The standard InChI is InChI=1S/C18H27ClN2/c1-3-8-21(12-14-4-5-15(19)9-13(14)2)18-10-16-6-7-17(11-18)20-16/h4-5,9,16-18,20H,3,6-8,10-12H2,1-2H3. The number of fused-ring (bicyclic) bond motifs is 2. The average Bonchev–Trinajstić information content (AvgIpc) is 2.79. The van der Waals surface area contributed by atoms with Crippen LogP contribution in [-0.2, 0) is 6.54 Å². The fraction of sp³-hybridized carbons (Fsp3) is 0.667. The molecule has 2 aliphatic heterocycles. The summed E-state index contributed by atoms with van der Waals surface area (Å²) in [6.07, 6.45) is 6.63. The fourth-order valence-electron chi connectivity index (χ4n) is 4.06. The molecular weight excluding hydrogens is 280 g/mol. The van der Waals surface area contributed by atoms with Crippen molar-refractivity contribution >= 4 is 11.6 Å². The smallest absolute Gasteiger partial charge is 0.0408 e. The second-order valence-electron chi connectivity index (χ2n) is 6.80. The molecule has 1 aromatic rings. The molecule has 3 rings (SSSR count). The maximum absolute atomic E-state index is 6.09. The molecule has 2 aliphatic rings. The van der Waals surface area contributed by atoms with Crippen molar-refractivity contribution in [3.05, 3.63) is 34.3 Å². The van der Waals surface area contributed by atoms with E-state index in [9.17, 15) is 0 Å². The zero-order valence-electron chi connectivity index (χ0n) is 13.2. The molecule has 0 radical (unpaired) electrons. The van der Waals surface area contributed by atoms with Crippen LogP contribution >= 0.6 is 11.6 Å². The predicted octanol–water partition coefficient (Wildman–Crippen LogP) is 4.14. The van der Waals surface area contributed by atoms with E-state index in [0.717, 1.165) is 29.7 Å². The van der Waals surface area contributed by atoms with Crippen molar-refractivity contribution in [1.82, 2.24) is 10.2 Å². The van der Waals surface area contributed by atoms with Gasteiger partial charge < -0.3 is 5.32 Å². The molecule has 116 valence electrons. The Kier molecular flexibility index (Phi) is 4.88. The molecule has 2 nitrogen and oxygen atoms in total. The van der Waals surface area contributed by atoms with Gasteiger partial charge in [-0.3, -0.25) is 4.90 Å². The van der Waals surface area contributed by atoms with E-state index in [1.165, 1.54) is 49.8 Å². The Bertz CT molecular complexity index is 476. The summed E-state index contributed by atoms with van der Waals surface area (Å²) in [5, 5.41) is 4.60. The summed E-state index contributed by atoms with van der Waals surface area (Å²) in [5.41, 5.74) is 2.75. The molecule has 2 fully saturated rings. The quantitative estimate of drug-likeness (QED) is 0.879. The molecule has 2 bridgehead atoms. The largest absolute Gasteiger partial charge is 0.311 e. The Morgan fingerprint density at radius 1 is 1.24 bits per heavy atom. The van der Waals surface area contributed by atoms with Gasteiger partial charge in [0.05, 0.1) is 0 Å². The highest BCUT2D eigenvalue weighted by Crippen LogP contribution is 2.31. The van der Waals surface area contributed by atoms with Crippen LogP contribution in [0.5, 0.6) is 0 Å². The van der Waals surface area contributed by atoms with Gasteiger partial charge in [0.25, 0.3) is 0 Å². The van der Waals surface area contributed by atoms with Gasteiger partial charge in [0.1, 0.15) is 0 Å². The minimum absolute atomic E-state index is 0.749. The van der Waals surface area contributed by atoms with Crippen LogP contribution < -0.4 is 5.32 Å². The van der Waals surface area contributed by atoms with Gasteiger partial charge in [-0.25, -0.2) is 0 Å². The van der Waals surface area contributed by atoms with Crippen LogP contribution in [0, 0.1) is 6.92 Å². The summed E-state index contributed by atoms with van der Waals surface area (Å²) in [4.78, 5) is 2.71. The summed E-state index contributed by atoms with van der Waals surface area (Å²) in [6.45, 7) is 6.74. The Labute approximate surface area is 133 Å². The summed E-state index contributed by atoms with van der Waals surface area (Å²) < 4.78 is 0. The van der Waals surface area contributed by atoms with Crippen molar-refractivity contribution in [3.8, 4) is 0 Å². The third kappa shape index (κ3) is 3.61. The Morgan fingerprint density at radius 3 is 2.57 bits per heavy atom. The second kappa shape index (κ2) is 6.68. The number of nitrogens with zero attached hydrogens (tertiary/aromatic N) is 1. The van der Waals surface area contributed by atoms with Crippen LogP contribution in [0.3, 0.4) is 0 Å². The normalized spacial score (nSPS) is 28.3. The van der Waals surface area contributed by atoms with E-state index in [4.69, 9.17) is 11.6 Å². The van der Waals surface area contributed by atoms with Crippen LogP contribution in [0.25, 0.3) is 0 Å². The summed E-state index contributed by atoms with van der Waals surface area (Å²) in [7, 11) is 0. The van der Waals surface area contributed by atoms with E-state index >= 15 is 0 Å². The second-order valence-corrected chi connectivity index (χ2v) is 7.24. The van der Waals surface area contributed by atoms with Crippen molar-refractivity contribution in [2.45, 2.75) is 70.6 Å². The molecule has 0 aromatic heterocycles. The van der Waals surface area contributed by atoms with Gasteiger partial charge >= 0.3 is 0 Å². The third-order valence-corrected chi connectivity index (χ3v) is 5.39. The van der Waals surface area contributed by atoms with Crippen LogP contribution in [0.4, 0.5) is 0 Å². The first-order valence-electron chi connectivity index (χ1n) is 8.41. The monoisotopic (exact) mass is 306 g/mol. The van der Waals surface area contributed by atoms with Gasteiger partial charge in [-0.15, -0.1) is 0 Å². The predicted molar refractivity (Wildman–Crippen MR) is 89.9 cm³/mol. The highest BCUT2D eigenvalue weighted by molar-refractivity contribution is 6.30. The number of aryl methyl sites for hydroxylation is 1. The molecule has 2 heterocycles. The van der Waals surface area contributed by atoms with Gasteiger partial charge in [-0.2, -0.15) is 0 Å². The first-order valence-corrected chi connectivity index (χ1v) is 8.78. The van der Waals surface area contributed by atoms with Crippen LogP contribution in [0.15, 0.2) is 18.2 Å². The maximum atomic E-state index is 6.09. The lowest BCUT2D eigenvalue weighted by Gasteiger charge is -2.38. The molecule has 2 unspecified atom stereocenters. The van der Waals surface area contributed by atoms with Gasteiger partial charge in [0.2, 0.25) is 0 Å². The zero-order valence-corrected chi connectivity index (χ0v) is 14.0. The van der Waals surface area contributed by atoms with E-state index in [-0.39, 0.29) is 0 Å². The molecule has 0 aliphatic carbocycles. The summed E-state index contributed by atoms with van der Waals surface area (Å²) >= 11 is 6.09. The molecular formula is C18H27ClN2. The van der Waals surface area contributed by atoms with E-state index in [1.54, 1.807) is 0 Å². The molecule has 0 saturated carbocycles. The molecule has 1 aromatic carbocycles. The number of benzene rings is 1. The van der Waals surface area contributed by atoms with E-state index in [2.05, 4.69) is 36.2 Å². The zero-order chi connectivity index (χ0) is 14.8. The van der Waals surface area contributed by atoms with E-state index in [1.807, 2.05) is 6.07 Å². The molecule has 21 heavy (non-hydrogen) atoms. The Hall–Kier alpha value is -0.570. The van der Waals surface area contributed by atoms with E-state index < -0.39 is 0 Å². The lowest BCUT2D eigenvalue weighted by atomic mass is 9.97. The Balaban J connectivity index is 1.72. The number of hydrogen-bond acceptors (Lipinski definition) is 2. The van der Waals surface area contributed by atoms with Crippen molar-refractivity contribution in [2.24, 2.45) is 0 Å². The van der Waals surface area contributed by atoms with Crippen molar-refractivity contribution in [2.75, 3.05) is 6.54 Å². The average molecular weight is 307 g/mol. The molecule has 2 atom stereocenters. The molecule has 3 heteroatoms. The van der Waals surface area contributed by atoms with Crippen LogP contribution in [0.2, 0.25) is 5.02 Å². The molecule has 0 amide bonds. The number of nitrogens with one attached hydrogen (secondary N) is 1. The lowest BCUT2D eigenvalue weighted by molar-refractivity contribution is 0.133. The SMILES string of the molecule is CCCN(Cc1ccc(Cl)cc1C)C1CC2CCC(C1)N2. The number of rotatable bonds is 5. The third-order valence-electron chi connectivity index (χ3n) is 5.15. The topological polar surface area (TPSA) is 15.3 Å². The number of piperidine rings is 1. The van der Waals surface area contributed by atoms with Crippen LogP contribution in [-0.4, -0.2) is 29.6 Å². The van der Waals surface area contributed by atoms with Gasteiger partial charge in [0.15, 0.2) is 0 Å². The lowest BCUT2D eigenvalue weighted by Crippen LogP contribution is -2.48. The number of halogens is 1. The highest BCUT2D eigenvalue weighted by atomic mass is 35.5. The number of hydrogen-bond donors (Lipinski definition) is 1. The van der Waals surface area contributed by atoms with Crippen molar-refractivity contribution in [3.63, 3.8) is 0 Å². The van der Waals surface area contributed by atoms with E-state index in [0.29, 0.717) is 0 Å². The first kappa shape index (κ1) is 15.3. The first-order chi connectivity index (χ1) is 10.2. The minimum Gasteiger partial charge on any atom is -0.311 e. The molecule has 2 saturated heterocycles. The summed E-state index contributed by atoms with van der Waals surface area (Å²) in [6, 6.07) is 8.60. The fourth-order valence-corrected chi connectivity index (χ4v) is 4.29. The molecule has 1 N–H and O–H groups in total. The van der Waals surface area contributed by atoms with Crippen molar-refractivity contribution in [1.29, 1.82) is 0 Å². The maximum Gasteiger partial charge on any atom is 0.0408 e. The van der Waals surface area contributed by atoms with Crippen molar-refractivity contribution < 1.29 is 0 Å². The summed E-state index contributed by atoms with van der Waals surface area (Å²) in [5.74, 6) is 0. The highest BCUT2D eigenvalue weighted by Gasteiger charge is 2.35. The van der Waals surface area contributed by atoms with Gasteiger partial charge in [-0.1, -0.05) is 24.6 Å². The van der Waals surface area contributed by atoms with Crippen LogP contribution in [0.1, 0.15) is 50.2 Å². The Morgan fingerprint density at radius 2 is 1.95 bits per heavy atom. The van der Waals surface area contributed by atoms with Gasteiger partial charge in [-0.05, 0) is 68.8 Å². The minimum atomic E-state index is 0.749. The van der Waals surface area contributed by atoms with Gasteiger partial charge in [0, 0.05) is 29.7 Å². The molecule has 0 spiro atoms.